The normalized spacial score (nSPS) is 32.7. The maximum absolute atomic E-state index is 12.4. The second kappa shape index (κ2) is 6.52. The highest BCUT2D eigenvalue weighted by Crippen LogP contribution is 2.59. The molecule has 0 N–H and O–H groups in total. The average Bonchev–Trinajstić information content (AvgIpc) is 3.25. The van der Waals surface area contributed by atoms with Crippen LogP contribution >= 0.6 is 0 Å². The molecule has 4 heteroatoms. The molecule has 0 saturated heterocycles. The van der Waals surface area contributed by atoms with Crippen molar-refractivity contribution in [1.29, 1.82) is 0 Å². The summed E-state index contributed by atoms with van der Waals surface area (Å²) in [5.74, 6) is -0.0384. The van der Waals surface area contributed by atoms with Gasteiger partial charge in [0.2, 0.25) is 0 Å². The van der Waals surface area contributed by atoms with Crippen LogP contribution in [0.5, 0.6) is 0 Å². The van der Waals surface area contributed by atoms with Gasteiger partial charge in [0.1, 0.15) is 18.0 Å². The lowest BCUT2D eigenvalue weighted by Crippen LogP contribution is -2.48. The molecule has 2 fully saturated rings. The smallest absolute Gasteiger partial charge is 0.338 e. The molecule has 4 nitrogen and oxygen atoms in total. The van der Waals surface area contributed by atoms with Crippen molar-refractivity contribution in [3.05, 3.63) is 47.5 Å². The summed E-state index contributed by atoms with van der Waals surface area (Å²) < 4.78 is 11.5. The van der Waals surface area contributed by atoms with E-state index in [0.717, 1.165) is 12.0 Å². The van der Waals surface area contributed by atoms with Gasteiger partial charge in [0.15, 0.2) is 0 Å². The predicted molar refractivity (Wildman–Crippen MR) is 90.7 cm³/mol. The Kier molecular flexibility index (Phi) is 4.59. The average molecular weight is 328 g/mol. The summed E-state index contributed by atoms with van der Waals surface area (Å²) >= 11 is 0. The molecule has 2 aliphatic rings. The van der Waals surface area contributed by atoms with Crippen LogP contribution in [0.1, 0.15) is 43.5 Å². The van der Waals surface area contributed by atoms with Gasteiger partial charge >= 0.3 is 5.97 Å². The van der Waals surface area contributed by atoms with Crippen LogP contribution in [-0.2, 0) is 14.3 Å². The third-order valence-electron chi connectivity index (χ3n) is 5.56. The lowest BCUT2D eigenvalue weighted by atomic mass is 9.69. The first-order chi connectivity index (χ1) is 11.5. The summed E-state index contributed by atoms with van der Waals surface area (Å²) in [6.07, 6.45) is 3.45. The highest BCUT2D eigenvalue weighted by molar-refractivity contribution is 6.01. The van der Waals surface area contributed by atoms with Crippen LogP contribution in [0.3, 0.4) is 0 Å². The van der Waals surface area contributed by atoms with E-state index >= 15 is 0 Å². The number of ether oxygens (including phenoxy) is 2. The Hall–Kier alpha value is -1.94. The van der Waals surface area contributed by atoms with E-state index in [2.05, 4.69) is 0 Å². The third-order valence-corrected chi connectivity index (χ3v) is 5.56. The predicted octanol–water partition coefficient (Wildman–Crippen LogP) is 3.56. The van der Waals surface area contributed by atoms with Gasteiger partial charge in [-0.2, -0.15) is 0 Å². The molecule has 24 heavy (non-hydrogen) atoms. The van der Waals surface area contributed by atoms with Crippen molar-refractivity contribution in [3.8, 4) is 0 Å². The van der Waals surface area contributed by atoms with Crippen LogP contribution in [0.2, 0.25) is 0 Å². The zero-order valence-electron chi connectivity index (χ0n) is 14.5. The van der Waals surface area contributed by atoms with Gasteiger partial charge in [-0.3, -0.25) is 4.79 Å². The number of methoxy groups -OCH3 is 1. The van der Waals surface area contributed by atoms with Gasteiger partial charge < -0.3 is 9.47 Å². The Bertz CT molecular complexity index is 663. The number of allylic oxidation sites excluding steroid dienone is 1. The summed E-state index contributed by atoms with van der Waals surface area (Å²) in [6, 6.07) is 8.98. The van der Waals surface area contributed by atoms with Crippen LogP contribution < -0.4 is 0 Å². The minimum Gasteiger partial charge on any atom is -0.456 e. The quantitative estimate of drug-likeness (QED) is 0.626. The number of hydrogen-bond donors (Lipinski definition) is 0. The second-order valence-electron chi connectivity index (χ2n) is 6.82. The van der Waals surface area contributed by atoms with Gasteiger partial charge in [-0.05, 0) is 38.8 Å². The lowest BCUT2D eigenvalue weighted by molar-refractivity contribution is -0.122. The van der Waals surface area contributed by atoms with Crippen molar-refractivity contribution in [2.45, 2.75) is 45.3 Å². The Balaban J connectivity index is 1.82. The molecule has 0 radical (unpaired) electrons. The molecular formula is C20H24O4. The van der Waals surface area contributed by atoms with Crippen molar-refractivity contribution in [1.82, 2.24) is 0 Å². The first kappa shape index (κ1) is 16.9. The zero-order chi connectivity index (χ0) is 17.3. The molecule has 1 aromatic rings. The molecule has 128 valence electrons. The van der Waals surface area contributed by atoms with Gasteiger partial charge in [-0.25, -0.2) is 4.79 Å². The second-order valence-corrected chi connectivity index (χ2v) is 6.82. The molecular weight excluding hydrogens is 304 g/mol. The molecule has 4 atom stereocenters. The molecule has 0 bridgehead atoms. The van der Waals surface area contributed by atoms with Crippen LogP contribution in [0, 0.1) is 11.3 Å². The molecule has 0 aromatic heterocycles. The van der Waals surface area contributed by atoms with Gasteiger partial charge in [0.25, 0.3) is 0 Å². The van der Waals surface area contributed by atoms with E-state index in [0.29, 0.717) is 24.2 Å². The fraction of sp³-hybridized carbons (Fsp3) is 0.500. The largest absolute Gasteiger partial charge is 0.456 e. The summed E-state index contributed by atoms with van der Waals surface area (Å²) in [7, 11) is 1.63. The highest BCUT2D eigenvalue weighted by Gasteiger charge is 2.64. The van der Waals surface area contributed by atoms with Crippen LogP contribution in [-0.4, -0.2) is 31.1 Å². The SMILES string of the molecule is CC=C(C)C1C(OC)C(OC(=O)c2ccccc2)CCC12CC2=O. The number of hydrogen-bond acceptors (Lipinski definition) is 4. The maximum atomic E-state index is 12.4. The Labute approximate surface area is 142 Å². The van der Waals surface area contributed by atoms with Crippen molar-refractivity contribution < 1.29 is 19.1 Å². The summed E-state index contributed by atoms with van der Waals surface area (Å²) in [6.45, 7) is 4.01. The lowest BCUT2D eigenvalue weighted by Gasteiger charge is -2.42. The molecule has 0 amide bonds. The van der Waals surface area contributed by atoms with Gasteiger partial charge in [-0.1, -0.05) is 29.8 Å². The molecule has 0 heterocycles. The molecule has 1 aromatic carbocycles. The minimum atomic E-state index is -0.336. The van der Waals surface area contributed by atoms with Crippen molar-refractivity contribution in [2.24, 2.45) is 11.3 Å². The summed E-state index contributed by atoms with van der Waals surface area (Å²) in [4.78, 5) is 24.5. The molecule has 1 spiro atoms. The number of benzene rings is 1. The monoisotopic (exact) mass is 328 g/mol. The van der Waals surface area contributed by atoms with E-state index in [4.69, 9.17) is 9.47 Å². The molecule has 3 rings (SSSR count). The van der Waals surface area contributed by atoms with E-state index in [1.807, 2.05) is 38.1 Å². The van der Waals surface area contributed by atoms with Crippen LogP contribution in [0.25, 0.3) is 0 Å². The summed E-state index contributed by atoms with van der Waals surface area (Å²) in [5.41, 5.74) is 1.37. The highest BCUT2D eigenvalue weighted by atomic mass is 16.6. The third kappa shape index (κ3) is 2.80. The topological polar surface area (TPSA) is 52.6 Å². The Morgan fingerprint density at radius 2 is 1.96 bits per heavy atom. The van der Waals surface area contributed by atoms with Gasteiger partial charge in [-0.15, -0.1) is 0 Å². The fourth-order valence-corrected chi connectivity index (χ4v) is 4.07. The number of carbonyl (C=O) groups is 2. The number of esters is 1. The van der Waals surface area contributed by atoms with E-state index in [-0.39, 0.29) is 29.5 Å². The van der Waals surface area contributed by atoms with Gasteiger partial charge in [0, 0.05) is 24.9 Å². The van der Waals surface area contributed by atoms with Crippen molar-refractivity contribution in [2.75, 3.05) is 7.11 Å². The first-order valence-corrected chi connectivity index (χ1v) is 8.48. The molecule has 4 unspecified atom stereocenters. The zero-order valence-corrected chi connectivity index (χ0v) is 14.5. The number of carbonyl (C=O) groups excluding carboxylic acids is 2. The van der Waals surface area contributed by atoms with Crippen LogP contribution in [0.4, 0.5) is 0 Å². The summed E-state index contributed by atoms with van der Waals surface area (Å²) in [5, 5.41) is 0. The van der Waals surface area contributed by atoms with E-state index in [9.17, 15) is 9.59 Å². The van der Waals surface area contributed by atoms with E-state index < -0.39 is 0 Å². The standard InChI is InChI=1S/C20H24O4/c1-4-13(2)17-18(23-3)15(10-11-20(17)12-16(20)21)24-19(22)14-8-6-5-7-9-14/h4-9,15,17-18H,10-12H2,1-3H3. The minimum absolute atomic E-state index is 0.0117. The maximum Gasteiger partial charge on any atom is 0.338 e. The fourth-order valence-electron chi connectivity index (χ4n) is 4.07. The van der Waals surface area contributed by atoms with Gasteiger partial charge in [0.05, 0.1) is 5.56 Å². The number of Topliss-reactive ketones (excluding diaryl/α,β-unsaturated/α-hetero) is 1. The molecule has 0 aliphatic heterocycles. The Morgan fingerprint density at radius 1 is 1.29 bits per heavy atom. The number of ketones is 1. The number of rotatable bonds is 4. The molecule has 2 saturated carbocycles. The van der Waals surface area contributed by atoms with Crippen molar-refractivity contribution >= 4 is 11.8 Å². The molecule has 2 aliphatic carbocycles. The van der Waals surface area contributed by atoms with E-state index in [1.54, 1.807) is 19.2 Å². The van der Waals surface area contributed by atoms with E-state index in [1.165, 1.54) is 0 Å². The van der Waals surface area contributed by atoms with Crippen molar-refractivity contribution in [3.63, 3.8) is 0 Å². The Morgan fingerprint density at radius 3 is 2.50 bits per heavy atom. The first-order valence-electron chi connectivity index (χ1n) is 8.48. The van der Waals surface area contributed by atoms with Crippen LogP contribution in [0.15, 0.2) is 42.0 Å².